The summed E-state index contributed by atoms with van der Waals surface area (Å²) in [6.45, 7) is 6.92. The van der Waals surface area contributed by atoms with Crippen molar-refractivity contribution in [1.82, 2.24) is 10.2 Å². The molecule has 0 saturated carbocycles. The molecule has 2 nitrogen and oxygen atoms in total. The Labute approximate surface area is 147 Å². The molecule has 0 unspecified atom stereocenters. The van der Waals surface area contributed by atoms with Gasteiger partial charge in [-0.05, 0) is 25.0 Å². The topological polar surface area (TPSA) is 15.3 Å². The first kappa shape index (κ1) is 21.6. The molecule has 0 aliphatic carbocycles. The lowest BCUT2D eigenvalue weighted by Crippen LogP contribution is -2.45. The van der Waals surface area contributed by atoms with E-state index in [0.29, 0.717) is 6.42 Å². The summed E-state index contributed by atoms with van der Waals surface area (Å²) in [4.78, 5) is 2.12. The minimum atomic E-state index is -0.567. The van der Waals surface area contributed by atoms with Crippen LogP contribution >= 0.6 is 36.4 Å². The van der Waals surface area contributed by atoms with Gasteiger partial charge < -0.3 is 5.32 Å². The summed E-state index contributed by atoms with van der Waals surface area (Å²) in [7, 11) is 0. The quantitative estimate of drug-likeness (QED) is 0.771. The minimum absolute atomic E-state index is 0. The second-order valence-electron chi connectivity index (χ2n) is 4.95. The molecule has 1 aliphatic rings. The van der Waals surface area contributed by atoms with E-state index in [4.69, 9.17) is 11.6 Å². The van der Waals surface area contributed by atoms with Gasteiger partial charge in [-0.25, -0.2) is 8.78 Å². The lowest BCUT2D eigenvalue weighted by molar-refractivity contribution is 0.159. The van der Waals surface area contributed by atoms with Crippen molar-refractivity contribution >= 4 is 36.4 Å². The molecule has 0 spiro atoms. The fourth-order valence-corrected chi connectivity index (χ4v) is 2.84. The third-order valence-electron chi connectivity index (χ3n) is 3.61. The highest BCUT2D eigenvalue weighted by Crippen LogP contribution is 2.32. The van der Waals surface area contributed by atoms with E-state index in [1.165, 1.54) is 12.1 Å². The summed E-state index contributed by atoms with van der Waals surface area (Å²) in [6, 6.07) is 2.10. The third kappa shape index (κ3) is 5.36. The summed E-state index contributed by atoms with van der Waals surface area (Å²) in [5.74, 6) is -1.13. The number of nitrogens with one attached hydrogen (secondary N) is 1. The molecule has 1 saturated heterocycles. The van der Waals surface area contributed by atoms with Crippen LogP contribution in [0, 0.1) is 11.6 Å². The highest BCUT2D eigenvalue weighted by atomic mass is 35.5. The number of rotatable bonds is 5. The van der Waals surface area contributed by atoms with Crippen LogP contribution in [0.5, 0.6) is 0 Å². The number of allylic oxidation sites excluding steroid dienone is 1. The van der Waals surface area contributed by atoms with Crippen molar-refractivity contribution in [2.75, 3.05) is 26.2 Å². The Kier molecular flexibility index (Phi) is 10.2. The zero-order chi connectivity index (χ0) is 14.5. The first-order valence-electron chi connectivity index (χ1n) is 6.83. The van der Waals surface area contributed by atoms with Crippen LogP contribution in [0.2, 0.25) is 5.02 Å². The summed E-state index contributed by atoms with van der Waals surface area (Å²) in [5, 5.41) is 3.33. The monoisotopic (exact) mass is 372 g/mol. The molecule has 1 atom stereocenters. The van der Waals surface area contributed by atoms with Gasteiger partial charge in [0.05, 0.1) is 0 Å². The summed E-state index contributed by atoms with van der Waals surface area (Å²) >= 11 is 5.70. The first-order valence-corrected chi connectivity index (χ1v) is 7.21. The maximum absolute atomic E-state index is 14.2. The van der Waals surface area contributed by atoms with Crippen molar-refractivity contribution in [3.05, 3.63) is 47.0 Å². The average molecular weight is 374 g/mol. The van der Waals surface area contributed by atoms with Crippen LogP contribution in [0.25, 0.3) is 0 Å². The van der Waals surface area contributed by atoms with Crippen LogP contribution < -0.4 is 5.32 Å². The van der Waals surface area contributed by atoms with Crippen molar-refractivity contribution in [2.24, 2.45) is 0 Å². The van der Waals surface area contributed by atoms with Gasteiger partial charge in [-0.1, -0.05) is 17.7 Å². The number of hydrogen-bond donors (Lipinski definition) is 1. The van der Waals surface area contributed by atoms with Gasteiger partial charge in [-0.2, -0.15) is 0 Å². The summed E-state index contributed by atoms with van der Waals surface area (Å²) in [5.41, 5.74) is 0.123. The van der Waals surface area contributed by atoms with Crippen LogP contribution in [0.1, 0.15) is 24.4 Å². The van der Waals surface area contributed by atoms with E-state index >= 15 is 0 Å². The van der Waals surface area contributed by atoms with Crippen molar-refractivity contribution in [3.8, 4) is 0 Å². The number of halogens is 5. The van der Waals surface area contributed by atoms with Gasteiger partial charge in [0.2, 0.25) is 0 Å². The van der Waals surface area contributed by atoms with E-state index in [1.807, 2.05) is 0 Å². The first-order chi connectivity index (χ1) is 9.63. The maximum atomic E-state index is 14.2. The second kappa shape index (κ2) is 10.4. The molecule has 1 N–H and O–H groups in total. The molecule has 2 rings (SSSR count). The molecule has 1 fully saturated rings. The Balaban J connectivity index is 0.00000220. The van der Waals surface area contributed by atoms with Gasteiger partial charge in [-0.15, -0.1) is 31.4 Å². The van der Waals surface area contributed by atoms with Crippen LogP contribution in [0.3, 0.4) is 0 Å². The van der Waals surface area contributed by atoms with E-state index < -0.39 is 11.6 Å². The molecule has 1 aromatic carbocycles. The van der Waals surface area contributed by atoms with Crippen LogP contribution in [0.15, 0.2) is 24.8 Å². The summed E-state index contributed by atoms with van der Waals surface area (Å²) < 4.78 is 28.3. The molecule has 1 heterocycles. The Morgan fingerprint density at radius 2 is 1.77 bits per heavy atom. The Morgan fingerprint density at radius 1 is 1.23 bits per heavy atom. The number of benzene rings is 1. The molecule has 1 aliphatic heterocycles. The van der Waals surface area contributed by atoms with Crippen LogP contribution in [0.4, 0.5) is 8.78 Å². The predicted molar refractivity (Wildman–Crippen MR) is 92.5 cm³/mol. The van der Waals surface area contributed by atoms with E-state index in [9.17, 15) is 8.78 Å². The van der Waals surface area contributed by atoms with Crippen molar-refractivity contribution in [1.29, 1.82) is 0 Å². The van der Waals surface area contributed by atoms with E-state index in [2.05, 4.69) is 16.8 Å². The molecular weight excluding hydrogens is 353 g/mol. The molecule has 0 radical (unpaired) electrons. The molecule has 0 aromatic heterocycles. The molecule has 22 heavy (non-hydrogen) atoms. The smallest absolute Gasteiger partial charge is 0.132 e. The van der Waals surface area contributed by atoms with Crippen molar-refractivity contribution < 1.29 is 8.78 Å². The normalized spacial score (nSPS) is 16.3. The van der Waals surface area contributed by atoms with E-state index in [0.717, 1.165) is 32.6 Å². The van der Waals surface area contributed by atoms with Gasteiger partial charge in [0.1, 0.15) is 11.6 Å². The Hall–Kier alpha value is -0.390. The SMILES string of the molecule is C=CCC[C@H](c1c(F)cc(Cl)cc1F)N1CCNCC1.Cl.Cl. The fourth-order valence-electron chi connectivity index (χ4n) is 2.65. The zero-order valence-corrected chi connectivity index (χ0v) is 14.5. The van der Waals surface area contributed by atoms with Gasteiger partial charge in [0.25, 0.3) is 0 Å². The fraction of sp³-hybridized carbons (Fsp3) is 0.467. The lowest BCUT2D eigenvalue weighted by Gasteiger charge is -2.35. The molecule has 1 aromatic rings. The number of hydrogen-bond acceptors (Lipinski definition) is 2. The molecule has 0 bridgehead atoms. The van der Waals surface area contributed by atoms with Gasteiger partial charge in [0.15, 0.2) is 0 Å². The Bertz CT molecular complexity index is 457. The van der Waals surface area contributed by atoms with E-state index in [1.54, 1.807) is 6.08 Å². The summed E-state index contributed by atoms with van der Waals surface area (Å²) in [6.07, 6.45) is 3.15. The van der Waals surface area contributed by atoms with Gasteiger partial charge in [-0.3, -0.25) is 4.90 Å². The largest absolute Gasteiger partial charge is 0.314 e. The molecule has 0 amide bonds. The highest BCUT2D eigenvalue weighted by Gasteiger charge is 2.27. The predicted octanol–water partition coefficient (Wildman–Crippen LogP) is 4.37. The standard InChI is InChI=1S/C15H19ClF2N2.2ClH/c1-2-3-4-14(20-7-5-19-6-8-20)15-12(17)9-11(16)10-13(15)18;;/h2,9-10,14,19H,1,3-8H2;2*1H/t14-;;/m1../s1. The number of nitrogens with zero attached hydrogens (tertiary/aromatic N) is 1. The Morgan fingerprint density at radius 3 is 2.27 bits per heavy atom. The second-order valence-corrected chi connectivity index (χ2v) is 5.39. The van der Waals surface area contributed by atoms with Crippen molar-refractivity contribution in [2.45, 2.75) is 18.9 Å². The minimum Gasteiger partial charge on any atom is -0.314 e. The average Bonchev–Trinajstić information content (AvgIpc) is 2.42. The molecule has 7 heteroatoms. The lowest BCUT2D eigenvalue weighted by atomic mass is 9.98. The zero-order valence-electron chi connectivity index (χ0n) is 12.2. The van der Waals surface area contributed by atoms with Crippen LogP contribution in [-0.4, -0.2) is 31.1 Å². The molecular formula is C15H21Cl3F2N2. The number of piperazine rings is 1. The van der Waals surface area contributed by atoms with E-state index in [-0.39, 0.29) is 41.4 Å². The van der Waals surface area contributed by atoms with Crippen LogP contribution in [-0.2, 0) is 0 Å². The highest BCUT2D eigenvalue weighted by molar-refractivity contribution is 6.30. The van der Waals surface area contributed by atoms with Gasteiger partial charge >= 0.3 is 0 Å². The maximum Gasteiger partial charge on any atom is 0.132 e. The molecule has 126 valence electrons. The van der Waals surface area contributed by atoms with Crippen molar-refractivity contribution in [3.63, 3.8) is 0 Å². The third-order valence-corrected chi connectivity index (χ3v) is 3.83. The van der Waals surface area contributed by atoms with Gasteiger partial charge in [0, 0.05) is 42.8 Å².